The molecule has 0 radical (unpaired) electrons. The SMILES string of the molecule is CCC(CCNC1N=CC(C)C=C1c1ccc(C)o1)NC1CCCCC1. The van der Waals surface area contributed by atoms with Crippen molar-refractivity contribution < 1.29 is 4.42 Å². The maximum absolute atomic E-state index is 5.86. The number of furan rings is 1. The summed E-state index contributed by atoms with van der Waals surface area (Å²) >= 11 is 0. The van der Waals surface area contributed by atoms with Crippen LogP contribution in [0.25, 0.3) is 5.57 Å². The fourth-order valence-corrected chi connectivity index (χ4v) is 4.09. The molecule has 144 valence electrons. The van der Waals surface area contributed by atoms with E-state index in [1.54, 1.807) is 0 Å². The number of hydrogen-bond donors (Lipinski definition) is 2. The van der Waals surface area contributed by atoms with Crippen molar-refractivity contribution >= 4 is 11.8 Å². The Balaban J connectivity index is 1.52. The molecule has 2 aliphatic rings. The third-order valence-corrected chi connectivity index (χ3v) is 5.63. The molecule has 2 heterocycles. The van der Waals surface area contributed by atoms with Crippen molar-refractivity contribution in [3.8, 4) is 0 Å². The molecule has 0 amide bonds. The van der Waals surface area contributed by atoms with Crippen LogP contribution in [-0.2, 0) is 0 Å². The number of aliphatic imine (C=N–C) groups is 1. The van der Waals surface area contributed by atoms with Crippen molar-refractivity contribution in [1.29, 1.82) is 0 Å². The number of allylic oxidation sites excluding steroid dienone is 1. The average molecular weight is 358 g/mol. The summed E-state index contributed by atoms with van der Waals surface area (Å²) in [5, 5.41) is 7.52. The Bertz CT molecular complexity index is 613. The minimum absolute atomic E-state index is 0.00365. The molecule has 1 aliphatic heterocycles. The monoisotopic (exact) mass is 357 g/mol. The zero-order valence-electron chi connectivity index (χ0n) is 16.6. The van der Waals surface area contributed by atoms with Gasteiger partial charge in [-0.05, 0) is 51.3 Å². The van der Waals surface area contributed by atoms with E-state index in [-0.39, 0.29) is 6.17 Å². The Morgan fingerprint density at radius 2 is 2.04 bits per heavy atom. The lowest BCUT2D eigenvalue weighted by Gasteiger charge is -2.29. The first kappa shape index (κ1) is 19.4. The predicted molar refractivity (Wildman–Crippen MR) is 110 cm³/mol. The topological polar surface area (TPSA) is 49.6 Å². The molecule has 3 atom stereocenters. The normalized spacial score (nSPS) is 25.3. The summed E-state index contributed by atoms with van der Waals surface area (Å²) < 4.78 is 5.86. The molecular weight excluding hydrogens is 322 g/mol. The van der Waals surface area contributed by atoms with Gasteiger partial charge in [0, 0.05) is 29.8 Å². The van der Waals surface area contributed by atoms with Crippen LogP contribution in [0.2, 0.25) is 0 Å². The van der Waals surface area contributed by atoms with Gasteiger partial charge in [-0.1, -0.05) is 39.2 Å². The second-order valence-electron chi connectivity index (χ2n) is 7.94. The molecule has 1 aliphatic carbocycles. The number of hydrogen-bond acceptors (Lipinski definition) is 4. The van der Waals surface area contributed by atoms with Crippen LogP contribution in [0.5, 0.6) is 0 Å². The van der Waals surface area contributed by atoms with Gasteiger partial charge in [0.25, 0.3) is 0 Å². The zero-order chi connectivity index (χ0) is 18.4. The van der Waals surface area contributed by atoms with Crippen molar-refractivity contribution in [1.82, 2.24) is 10.6 Å². The summed E-state index contributed by atoms with van der Waals surface area (Å²) in [5.41, 5.74) is 1.17. The molecule has 1 saturated carbocycles. The molecule has 0 spiro atoms. The largest absolute Gasteiger partial charge is 0.462 e. The number of aryl methyl sites for hydroxylation is 1. The van der Waals surface area contributed by atoms with E-state index in [2.05, 4.69) is 36.6 Å². The van der Waals surface area contributed by atoms with Crippen molar-refractivity contribution in [2.45, 2.75) is 84.0 Å². The molecule has 3 unspecified atom stereocenters. The highest BCUT2D eigenvalue weighted by atomic mass is 16.3. The lowest BCUT2D eigenvalue weighted by molar-refractivity contribution is 0.319. The molecule has 1 aromatic heterocycles. The molecule has 0 aromatic carbocycles. The van der Waals surface area contributed by atoms with E-state index in [9.17, 15) is 0 Å². The number of nitrogens with one attached hydrogen (secondary N) is 2. The van der Waals surface area contributed by atoms with Crippen molar-refractivity contribution in [2.75, 3.05) is 6.54 Å². The highest BCUT2D eigenvalue weighted by molar-refractivity contribution is 5.77. The van der Waals surface area contributed by atoms with Gasteiger partial charge in [-0.2, -0.15) is 0 Å². The number of rotatable bonds is 8. The molecule has 4 heteroatoms. The molecule has 2 N–H and O–H groups in total. The molecule has 26 heavy (non-hydrogen) atoms. The van der Waals surface area contributed by atoms with Crippen LogP contribution in [0.1, 0.15) is 70.3 Å². The number of nitrogens with zero attached hydrogens (tertiary/aromatic N) is 1. The maximum atomic E-state index is 5.86. The highest BCUT2D eigenvalue weighted by Crippen LogP contribution is 2.26. The fraction of sp³-hybridized carbons (Fsp3) is 0.682. The third kappa shape index (κ3) is 5.31. The molecule has 4 nitrogen and oxygen atoms in total. The van der Waals surface area contributed by atoms with Crippen molar-refractivity contribution in [3.63, 3.8) is 0 Å². The van der Waals surface area contributed by atoms with Gasteiger partial charge in [-0.3, -0.25) is 10.3 Å². The second kappa shape index (κ2) is 9.52. The van der Waals surface area contributed by atoms with Gasteiger partial charge in [0.15, 0.2) is 0 Å². The van der Waals surface area contributed by atoms with Gasteiger partial charge in [0.2, 0.25) is 0 Å². The van der Waals surface area contributed by atoms with Gasteiger partial charge in [-0.15, -0.1) is 0 Å². The Labute approximate surface area is 158 Å². The van der Waals surface area contributed by atoms with Crippen LogP contribution in [0.3, 0.4) is 0 Å². The minimum Gasteiger partial charge on any atom is -0.462 e. The van der Waals surface area contributed by atoms with E-state index in [4.69, 9.17) is 9.41 Å². The summed E-state index contributed by atoms with van der Waals surface area (Å²) in [7, 11) is 0. The first-order valence-corrected chi connectivity index (χ1v) is 10.5. The van der Waals surface area contributed by atoms with Gasteiger partial charge in [0.05, 0.1) is 0 Å². The highest BCUT2D eigenvalue weighted by Gasteiger charge is 2.22. The molecular formula is C22H35N3O. The van der Waals surface area contributed by atoms with Gasteiger partial charge >= 0.3 is 0 Å². The first-order valence-electron chi connectivity index (χ1n) is 10.5. The summed E-state index contributed by atoms with van der Waals surface area (Å²) in [6.45, 7) is 7.41. The Morgan fingerprint density at radius 3 is 2.73 bits per heavy atom. The molecule has 0 bridgehead atoms. The zero-order valence-corrected chi connectivity index (χ0v) is 16.6. The van der Waals surface area contributed by atoms with Crippen molar-refractivity contribution in [3.05, 3.63) is 29.7 Å². The summed E-state index contributed by atoms with van der Waals surface area (Å²) in [6.07, 6.45) is 13.5. The van der Waals surface area contributed by atoms with Crippen LogP contribution >= 0.6 is 0 Å². The lowest BCUT2D eigenvalue weighted by atomic mass is 9.94. The van der Waals surface area contributed by atoms with E-state index in [1.807, 2.05) is 19.2 Å². The summed E-state index contributed by atoms with van der Waals surface area (Å²) in [5.74, 6) is 2.24. The lowest BCUT2D eigenvalue weighted by Crippen LogP contribution is -2.41. The van der Waals surface area contributed by atoms with Crippen LogP contribution in [0.4, 0.5) is 0 Å². The average Bonchev–Trinajstić information content (AvgIpc) is 3.09. The molecule has 1 aromatic rings. The summed E-state index contributed by atoms with van der Waals surface area (Å²) in [4.78, 5) is 4.73. The van der Waals surface area contributed by atoms with E-state index in [0.29, 0.717) is 12.0 Å². The fourth-order valence-electron chi connectivity index (χ4n) is 4.09. The quantitative estimate of drug-likeness (QED) is 0.709. The van der Waals surface area contributed by atoms with E-state index in [1.165, 1.54) is 44.1 Å². The molecule has 3 rings (SSSR count). The predicted octanol–water partition coefficient (Wildman–Crippen LogP) is 4.70. The van der Waals surface area contributed by atoms with Gasteiger partial charge < -0.3 is 9.73 Å². The Hall–Kier alpha value is -1.39. The van der Waals surface area contributed by atoms with Crippen LogP contribution in [0.15, 0.2) is 27.6 Å². The van der Waals surface area contributed by atoms with Crippen LogP contribution < -0.4 is 10.6 Å². The maximum Gasteiger partial charge on any atom is 0.133 e. The second-order valence-corrected chi connectivity index (χ2v) is 7.94. The van der Waals surface area contributed by atoms with E-state index >= 15 is 0 Å². The molecule has 0 saturated heterocycles. The summed E-state index contributed by atoms with van der Waals surface area (Å²) in [6, 6.07) is 5.40. The third-order valence-electron chi connectivity index (χ3n) is 5.63. The van der Waals surface area contributed by atoms with Crippen LogP contribution in [-0.4, -0.2) is 31.0 Å². The van der Waals surface area contributed by atoms with Gasteiger partial charge in [0.1, 0.15) is 17.7 Å². The van der Waals surface area contributed by atoms with Gasteiger partial charge in [-0.25, -0.2) is 0 Å². The Morgan fingerprint density at radius 1 is 1.23 bits per heavy atom. The van der Waals surface area contributed by atoms with E-state index in [0.717, 1.165) is 30.5 Å². The smallest absolute Gasteiger partial charge is 0.133 e. The van der Waals surface area contributed by atoms with Crippen LogP contribution in [0, 0.1) is 12.8 Å². The minimum atomic E-state index is 0.00365. The molecule has 1 fully saturated rings. The van der Waals surface area contributed by atoms with E-state index < -0.39 is 0 Å². The van der Waals surface area contributed by atoms with Crippen molar-refractivity contribution in [2.24, 2.45) is 10.9 Å². The standard InChI is InChI=1S/C22H35N3O/c1-4-18(25-19-8-6-5-7-9-19)12-13-23-22-20(14-16(2)15-24-22)21-11-10-17(3)26-21/h10-11,14-16,18-19,22-23,25H,4-9,12-13H2,1-3H3. The first-order chi connectivity index (χ1) is 12.7. The Kier molecular flexibility index (Phi) is 7.09. The number of dihydropyridines is 1.